The fraction of sp³-hybridized carbons (Fsp3) is 0.800. The SMILES string of the molecule is CC1(C)COC(=C2C[C@@H]3CCCC(=O)[C@]3(Br)C2)OC1. The maximum absolute atomic E-state index is 12.2. The maximum atomic E-state index is 12.2. The fourth-order valence-electron chi connectivity index (χ4n) is 3.32. The molecule has 1 saturated heterocycles. The molecule has 0 unspecified atom stereocenters. The Labute approximate surface area is 122 Å². The van der Waals surface area contributed by atoms with E-state index in [0.29, 0.717) is 37.3 Å². The minimum Gasteiger partial charge on any atom is -0.465 e. The van der Waals surface area contributed by atoms with Gasteiger partial charge in [0.2, 0.25) is 0 Å². The first kappa shape index (κ1) is 13.5. The van der Waals surface area contributed by atoms with Gasteiger partial charge in [0, 0.05) is 17.4 Å². The summed E-state index contributed by atoms with van der Waals surface area (Å²) in [6, 6.07) is 0. The number of rotatable bonds is 0. The van der Waals surface area contributed by atoms with E-state index in [1.165, 1.54) is 5.57 Å². The van der Waals surface area contributed by atoms with Gasteiger partial charge >= 0.3 is 0 Å². The van der Waals surface area contributed by atoms with E-state index >= 15 is 0 Å². The standard InChI is InChI=1S/C15H21BrO3/c1-14(2)8-18-13(19-9-14)10-6-11-4-3-5-12(17)15(11,16)7-10/h11H,3-9H2,1-2H3/t11-,15-/m0/s1. The number of hydrogen-bond acceptors (Lipinski definition) is 3. The summed E-state index contributed by atoms with van der Waals surface area (Å²) >= 11 is 3.72. The third-order valence-electron chi connectivity index (χ3n) is 4.51. The Balaban J connectivity index is 1.80. The van der Waals surface area contributed by atoms with Crippen LogP contribution in [0.25, 0.3) is 0 Å². The molecular weight excluding hydrogens is 308 g/mol. The Kier molecular flexibility index (Phi) is 3.19. The van der Waals surface area contributed by atoms with Crippen LogP contribution in [0.2, 0.25) is 0 Å². The summed E-state index contributed by atoms with van der Waals surface area (Å²) in [4.78, 5) is 12.2. The molecule has 3 aliphatic rings. The molecule has 4 heteroatoms. The van der Waals surface area contributed by atoms with Gasteiger partial charge in [0.25, 0.3) is 5.95 Å². The molecule has 2 saturated carbocycles. The number of carbonyl (C=O) groups is 1. The molecule has 3 nitrogen and oxygen atoms in total. The van der Waals surface area contributed by atoms with Gasteiger partial charge < -0.3 is 9.47 Å². The monoisotopic (exact) mass is 328 g/mol. The van der Waals surface area contributed by atoms with Gasteiger partial charge in [0.15, 0.2) is 0 Å². The summed E-state index contributed by atoms with van der Waals surface area (Å²) in [6.07, 6.45) is 4.55. The molecule has 0 amide bonds. The van der Waals surface area contributed by atoms with E-state index in [1.54, 1.807) is 0 Å². The van der Waals surface area contributed by atoms with Gasteiger partial charge in [-0.05, 0) is 31.6 Å². The molecule has 0 aromatic rings. The number of allylic oxidation sites excluding steroid dienone is 1. The van der Waals surface area contributed by atoms with Crippen LogP contribution in [-0.2, 0) is 14.3 Å². The van der Waals surface area contributed by atoms with Crippen molar-refractivity contribution < 1.29 is 14.3 Å². The van der Waals surface area contributed by atoms with Crippen molar-refractivity contribution in [3.05, 3.63) is 11.5 Å². The molecule has 0 aromatic carbocycles. The van der Waals surface area contributed by atoms with Gasteiger partial charge in [0.05, 0.1) is 17.5 Å². The van der Waals surface area contributed by atoms with Crippen molar-refractivity contribution in [1.82, 2.24) is 0 Å². The van der Waals surface area contributed by atoms with Crippen molar-refractivity contribution in [3.63, 3.8) is 0 Å². The van der Waals surface area contributed by atoms with Gasteiger partial charge in [-0.3, -0.25) is 4.79 Å². The molecule has 3 fully saturated rings. The Morgan fingerprint density at radius 2 is 1.95 bits per heavy atom. The second-order valence-electron chi connectivity index (χ2n) is 6.89. The number of ether oxygens (including phenoxy) is 2. The summed E-state index contributed by atoms with van der Waals surface area (Å²) in [5.74, 6) is 1.47. The molecule has 3 rings (SSSR count). The second-order valence-corrected chi connectivity index (χ2v) is 8.30. The summed E-state index contributed by atoms with van der Waals surface area (Å²) in [5, 5.41) is 0. The van der Waals surface area contributed by atoms with Crippen molar-refractivity contribution in [2.45, 2.75) is 50.3 Å². The van der Waals surface area contributed by atoms with Gasteiger partial charge in [-0.15, -0.1) is 0 Å². The lowest BCUT2D eigenvalue weighted by Gasteiger charge is -2.32. The number of carbonyl (C=O) groups excluding carboxylic acids is 1. The molecule has 1 aliphatic heterocycles. The molecular formula is C15H21BrO3. The molecule has 0 aromatic heterocycles. The van der Waals surface area contributed by atoms with Crippen molar-refractivity contribution >= 4 is 21.7 Å². The molecule has 0 N–H and O–H groups in total. The zero-order valence-electron chi connectivity index (χ0n) is 11.6. The smallest absolute Gasteiger partial charge is 0.278 e. The van der Waals surface area contributed by atoms with Crippen LogP contribution in [-0.4, -0.2) is 23.3 Å². The molecule has 0 spiro atoms. The molecule has 0 bridgehead atoms. The van der Waals surface area contributed by atoms with E-state index in [-0.39, 0.29) is 9.74 Å². The number of Topliss-reactive ketones (excluding diaryl/α,β-unsaturated/α-hetero) is 1. The van der Waals surface area contributed by atoms with E-state index < -0.39 is 0 Å². The van der Waals surface area contributed by atoms with Crippen LogP contribution >= 0.6 is 15.9 Å². The lowest BCUT2D eigenvalue weighted by molar-refractivity contribution is -0.123. The quantitative estimate of drug-likeness (QED) is 0.638. The molecule has 19 heavy (non-hydrogen) atoms. The lowest BCUT2D eigenvalue weighted by atomic mass is 9.80. The first-order valence-corrected chi connectivity index (χ1v) is 7.90. The third kappa shape index (κ3) is 2.32. The summed E-state index contributed by atoms with van der Waals surface area (Å²) < 4.78 is 11.2. The van der Waals surface area contributed by atoms with Crippen LogP contribution in [0.15, 0.2) is 11.5 Å². The first-order valence-electron chi connectivity index (χ1n) is 7.11. The Morgan fingerprint density at radius 1 is 1.26 bits per heavy atom. The van der Waals surface area contributed by atoms with Crippen LogP contribution in [0.3, 0.4) is 0 Å². The van der Waals surface area contributed by atoms with Crippen LogP contribution in [0.4, 0.5) is 0 Å². The highest BCUT2D eigenvalue weighted by molar-refractivity contribution is 9.10. The second kappa shape index (κ2) is 4.51. The molecule has 0 radical (unpaired) electrons. The van der Waals surface area contributed by atoms with E-state index in [4.69, 9.17) is 9.47 Å². The minimum atomic E-state index is -0.340. The van der Waals surface area contributed by atoms with Crippen LogP contribution in [0, 0.1) is 11.3 Å². The van der Waals surface area contributed by atoms with E-state index in [0.717, 1.165) is 25.7 Å². The zero-order valence-corrected chi connectivity index (χ0v) is 13.2. The van der Waals surface area contributed by atoms with Crippen LogP contribution < -0.4 is 0 Å². The van der Waals surface area contributed by atoms with Crippen molar-refractivity contribution in [3.8, 4) is 0 Å². The fourth-order valence-corrected chi connectivity index (χ4v) is 4.25. The number of alkyl halides is 1. The van der Waals surface area contributed by atoms with Crippen LogP contribution in [0.1, 0.15) is 46.0 Å². The number of ketones is 1. The predicted octanol–water partition coefficient (Wildman–Crippen LogP) is 3.57. The highest BCUT2D eigenvalue weighted by Crippen LogP contribution is 2.52. The summed E-state index contributed by atoms with van der Waals surface area (Å²) in [7, 11) is 0. The Morgan fingerprint density at radius 3 is 2.58 bits per heavy atom. The maximum Gasteiger partial charge on any atom is 0.278 e. The Hall–Kier alpha value is -0.510. The number of fused-ring (bicyclic) bond motifs is 1. The Bertz CT molecular complexity index is 429. The van der Waals surface area contributed by atoms with Crippen molar-refractivity contribution in [2.24, 2.45) is 11.3 Å². The van der Waals surface area contributed by atoms with Crippen LogP contribution in [0.5, 0.6) is 0 Å². The molecule has 2 aliphatic carbocycles. The van der Waals surface area contributed by atoms with Gasteiger partial charge in [0.1, 0.15) is 5.78 Å². The first-order chi connectivity index (χ1) is 8.91. The van der Waals surface area contributed by atoms with Crippen molar-refractivity contribution in [1.29, 1.82) is 0 Å². The van der Waals surface area contributed by atoms with Gasteiger partial charge in [-0.25, -0.2) is 0 Å². The zero-order chi connectivity index (χ0) is 13.7. The topological polar surface area (TPSA) is 35.5 Å². The highest BCUT2D eigenvalue weighted by Gasteiger charge is 2.51. The van der Waals surface area contributed by atoms with E-state index in [2.05, 4.69) is 29.8 Å². The largest absolute Gasteiger partial charge is 0.465 e. The average molecular weight is 329 g/mol. The van der Waals surface area contributed by atoms with E-state index in [1.807, 2.05) is 0 Å². The third-order valence-corrected chi connectivity index (χ3v) is 5.88. The number of halogens is 1. The predicted molar refractivity (Wildman–Crippen MR) is 76.0 cm³/mol. The molecule has 2 atom stereocenters. The highest BCUT2D eigenvalue weighted by atomic mass is 79.9. The lowest BCUT2D eigenvalue weighted by Crippen LogP contribution is -2.39. The summed E-state index contributed by atoms with van der Waals surface area (Å²) in [5.41, 5.74) is 1.27. The molecule has 106 valence electrons. The number of hydrogen-bond donors (Lipinski definition) is 0. The van der Waals surface area contributed by atoms with Gasteiger partial charge in [-0.1, -0.05) is 29.8 Å². The van der Waals surface area contributed by atoms with Crippen molar-refractivity contribution in [2.75, 3.05) is 13.2 Å². The van der Waals surface area contributed by atoms with E-state index in [9.17, 15) is 4.79 Å². The average Bonchev–Trinajstić information content (AvgIpc) is 2.69. The minimum absolute atomic E-state index is 0.0807. The molecule has 1 heterocycles. The normalized spacial score (nSPS) is 37.6. The van der Waals surface area contributed by atoms with Gasteiger partial charge in [-0.2, -0.15) is 0 Å². The summed E-state index contributed by atoms with van der Waals surface area (Å²) in [6.45, 7) is 5.66.